The van der Waals surface area contributed by atoms with Gasteiger partial charge in [0.25, 0.3) is 11.8 Å². The Morgan fingerprint density at radius 3 is 2.14 bits per heavy atom. The average Bonchev–Trinajstić information content (AvgIpc) is 2.95. The highest BCUT2D eigenvalue weighted by Gasteiger charge is 2.29. The first-order chi connectivity index (χ1) is 13.3. The van der Waals surface area contributed by atoms with Crippen LogP contribution < -0.4 is 0 Å². The molecule has 1 aliphatic rings. The quantitative estimate of drug-likeness (QED) is 0.218. The van der Waals surface area contributed by atoms with E-state index in [0.29, 0.717) is 19.4 Å². The van der Waals surface area contributed by atoms with Crippen LogP contribution >= 0.6 is 0 Å². The lowest BCUT2D eigenvalue weighted by Gasteiger charge is -2.27. The van der Waals surface area contributed by atoms with Crippen molar-refractivity contribution in [1.82, 2.24) is 4.90 Å². The maximum Gasteiger partial charge on any atom is 0.306 e. The van der Waals surface area contributed by atoms with Crippen LogP contribution in [0.5, 0.6) is 0 Å². The third kappa shape index (κ3) is 9.52. The Morgan fingerprint density at radius 1 is 0.964 bits per heavy atom. The van der Waals surface area contributed by atoms with Crippen LogP contribution in [0.25, 0.3) is 0 Å². The third-order valence-corrected chi connectivity index (χ3v) is 5.34. The van der Waals surface area contributed by atoms with Crippen LogP contribution in [-0.4, -0.2) is 35.3 Å². The van der Waals surface area contributed by atoms with Gasteiger partial charge in [0.1, 0.15) is 6.10 Å². The van der Waals surface area contributed by atoms with Crippen molar-refractivity contribution in [2.75, 3.05) is 6.54 Å². The molecule has 1 heterocycles. The molecular formula is C23H39NO4. The molecule has 0 fully saturated rings. The summed E-state index contributed by atoms with van der Waals surface area (Å²) in [5.41, 5.74) is -0.323. The highest BCUT2D eigenvalue weighted by molar-refractivity contribution is 6.12. The van der Waals surface area contributed by atoms with E-state index in [4.69, 9.17) is 4.74 Å². The fraction of sp³-hybridized carbons (Fsp3) is 0.783. The summed E-state index contributed by atoms with van der Waals surface area (Å²) in [6.45, 7) is 8.66. The lowest BCUT2D eigenvalue weighted by atomic mass is 9.85. The van der Waals surface area contributed by atoms with Crippen LogP contribution in [0, 0.1) is 5.41 Å². The predicted octanol–water partition coefficient (Wildman–Crippen LogP) is 5.18. The fourth-order valence-corrected chi connectivity index (χ4v) is 3.44. The predicted molar refractivity (Wildman–Crippen MR) is 112 cm³/mol. The van der Waals surface area contributed by atoms with E-state index in [1.165, 1.54) is 42.7 Å². The van der Waals surface area contributed by atoms with Crippen molar-refractivity contribution < 1.29 is 19.1 Å². The third-order valence-electron chi connectivity index (χ3n) is 5.34. The molecule has 5 heteroatoms. The summed E-state index contributed by atoms with van der Waals surface area (Å²) in [7, 11) is 0. The standard InChI is InChI=1S/C23H39NO4/c1-5-7-9-10-11-13-19(12-8-6-2)28-22(27)18-23(3,4)16-17-24-20(25)14-15-21(24)26/h14-15,19H,5-13,16-18H2,1-4H3. The normalized spacial score (nSPS) is 15.4. The first-order valence-electron chi connectivity index (χ1n) is 11.0. The largest absolute Gasteiger partial charge is 0.462 e. The zero-order chi connectivity index (χ0) is 21.0. The molecule has 1 rings (SSSR count). The van der Waals surface area contributed by atoms with Gasteiger partial charge in [-0.1, -0.05) is 66.2 Å². The number of ether oxygens (including phenoxy) is 1. The molecule has 1 atom stereocenters. The highest BCUT2D eigenvalue weighted by atomic mass is 16.5. The Kier molecular flexibility index (Phi) is 11.1. The summed E-state index contributed by atoms with van der Waals surface area (Å²) >= 11 is 0. The van der Waals surface area contributed by atoms with Crippen molar-refractivity contribution in [3.63, 3.8) is 0 Å². The number of imide groups is 1. The summed E-state index contributed by atoms with van der Waals surface area (Å²) in [5.74, 6) is -0.714. The molecule has 0 aromatic rings. The average molecular weight is 394 g/mol. The Morgan fingerprint density at radius 2 is 1.54 bits per heavy atom. The minimum atomic E-state index is -0.323. The van der Waals surface area contributed by atoms with Gasteiger partial charge in [0.2, 0.25) is 0 Å². The van der Waals surface area contributed by atoms with E-state index in [1.54, 1.807) is 0 Å². The van der Waals surface area contributed by atoms with E-state index in [-0.39, 0.29) is 29.3 Å². The summed E-state index contributed by atoms with van der Waals surface area (Å²) in [6, 6.07) is 0. The van der Waals surface area contributed by atoms with Crippen LogP contribution in [0.15, 0.2) is 12.2 Å². The van der Waals surface area contributed by atoms with Crippen molar-refractivity contribution >= 4 is 17.8 Å². The van der Waals surface area contributed by atoms with Crippen LogP contribution in [0.4, 0.5) is 0 Å². The molecule has 0 aliphatic carbocycles. The second-order valence-electron chi connectivity index (χ2n) is 8.71. The number of rotatable bonds is 15. The Labute approximate surface area is 170 Å². The van der Waals surface area contributed by atoms with Crippen molar-refractivity contribution in [3.8, 4) is 0 Å². The molecular weight excluding hydrogens is 354 g/mol. The zero-order valence-electron chi connectivity index (χ0n) is 18.3. The van der Waals surface area contributed by atoms with E-state index < -0.39 is 0 Å². The number of amides is 2. The minimum absolute atomic E-state index is 0.0100. The molecule has 1 unspecified atom stereocenters. The molecule has 5 nitrogen and oxygen atoms in total. The Hall–Kier alpha value is -1.65. The molecule has 0 aromatic heterocycles. The maximum atomic E-state index is 12.5. The van der Waals surface area contributed by atoms with E-state index in [1.807, 2.05) is 13.8 Å². The van der Waals surface area contributed by atoms with Gasteiger partial charge in [-0.2, -0.15) is 0 Å². The van der Waals surface area contributed by atoms with E-state index in [2.05, 4.69) is 13.8 Å². The molecule has 0 bridgehead atoms. The monoisotopic (exact) mass is 393 g/mol. The summed E-state index contributed by atoms with van der Waals surface area (Å²) < 4.78 is 5.81. The van der Waals surface area contributed by atoms with Crippen molar-refractivity contribution in [1.29, 1.82) is 0 Å². The van der Waals surface area contributed by atoms with Gasteiger partial charge < -0.3 is 4.74 Å². The smallest absolute Gasteiger partial charge is 0.306 e. The number of unbranched alkanes of at least 4 members (excludes halogenated alkanes) is 5. The van der Waals surface area contributed by atoms with Gasteiger partial charge in [0.15, 0.2) is 0 Å². The summed E-state index contributed by atoms with van der Waals surface area (Å²) in [5, 5.41) is 0. The fourth-order valence-electron chi connectivity index (χ4n) is 3.44. The lowest BCUT2D eigenvalue weighted by Crippen LogP contribution is -2.34. The maximum absolute atomic E-state index is 12.5. The van der Waals surface area contributed by atoms with E-state index >= 15 is 0 Å². The van der Waals surface area contributed by atoms with Gasteiger partial charge in [0, 0.05) is 18.7 Å². The first-order valence-corrected chi connectivity index (χ1v) is 11.0. The second-order valence-corrected chi connectivity index (χ2v) is 8.71. The molecule has 0 radical (unpaired) electrons. The second kappa shape index (κ2) is 12.7. The van der Waals surface area contributed by atoms with Gasteiger partial charge >= 0.3 is 5.97 Å². The van der Waals surface area contributed by atoms with Crippen LogP contribution in [0.3, 0.4) is 0 Å². The van der Waals surface area contributed by atoms with Crippen molar-refractivity contribution in [3.05, 3.63) is 12.2 Å². The van der Waals surface area contributed by atoms with Crippen LogP contribution in [-0.2, 0) is 19.1 Å². The van der Waals surface area contributed by atoms with Crippen molar-refractivity contribution in [2.24, 2.45) is 5.41 Å². The molecule has 1 aliphatic heterocycles. The molecule has 28 heavy (non-hydrogen) atoms. The van der Waals surface area contributed by atoms with Gasteiger partial charge in [-0.15, -0.1) is 0 Å². The highest BCUT2D eigenvalue weighted by Crippen LogP contribution is 2.27. The number of carbonyl (C=O) groups is 3. The molecule has 2 amide bonds. The summed E-state index contributed by atoms with van der Waals surface area (Å²) in [6.07, 6.45) is 13.6. The van der Waals surface area contributed by atoms with E-state index in [9.17, 15) is 14.4 Å². The number of hydrogen-bond acceptors (Lipinski definition) is 4. The Balaban J connectivity index is 2.42. The zero-order valence-corrected chi connectivity index (χ0v) is 18.3. The van der Waals surface area contributed by atoms with Crippen LogP contribution in [0.2, 0.25) is 0 Å². The van der Waals surface area contributed by atoms with Gasteiger partial charge in [-0.3, -0.25) is 19.3 Å². The molecule has 0 spiro atoms. The topological polar surface area (TPSA) is 63.7 Å². The van der Waals surface area contributed by atoms with Crippen molar-refractivity contribution in [2.45, 2.75) is 104 Å². The SMILES string of the molecule is CCCCCCCC(CCCC)OC(=O)CC(C)(C)CCN1C(=O)C=CC1=O. The number of hydrogen-bond donors (Lipinski definition) is 0. The van der Waals surface area contributed by atoms with Gasteiger partial charge in [-0.05, 0) is 31.1 Å². The van der Waals surface area contributed by atoms with Gasteiger partial charge in [0.05, 0.1) is 6.42 Å². The summed E-state index contributed by atoms with van der Waals surface area (Å²) in [4.78, 5) is 37.1. The minimum Gasteiger partial charge on any atom is -0.462 e. The molecule has 0 saturated carbocycles. The molecule has 0 N–H and O–H groups in total. The molecule has 0 aromatic carbocycles. The van der Waals surface area contributed by atoms with E-state index in [0.717, 1.165) is 32.1 Å². The first kappa shape index (κ1) is 24.4. The lowest BCUT2D eigenvalue weighted by molar-refractivity contribution is -0.152. The number of esters is 1. The number of carbonyl (C=O) groups excluding carboxylic acids is 3. The number of nitrogens with zero attached hydrogens (tertiary/aromatic N) is 1. The van der Waals surface area contributed by atoms with Crippen LogP contribution in [0.1, 0.15) is 98.3 Å². The Bertz CT molecular complexity index is 521. The van der Waals surface area contributed by atoms with Gasteiger partial charge in [-0.25, -0.2) is 0 Å². The molecule has 160 valence electrons. The molecule has 0 saturated heterocycles.